The van der Waals surface area contributed by atoms with Gasteiger partial charge in [0.15, 0.2) is 0 Å². The molecule has 3 rings (SSSR count). The van der Waals surface area contributed by atoms with Crippen molar-refractivity contribution in [2.75, 3.05) is 33.2 Å². The molecule has 2 saturated heterocycles. The number of ether oxygens (including phenoxy) is 1. The van der Waals surface area contributed by atoms with Crippen LogP contribution >= 0.6 is 0 Å². The van der Waals surface area contributed by atoms with E-state index in [0.29, 0.717) is 24.9 Å². The van der Waals surface area contributed by atoms with E-state index in [1.165, 1.54) is 43.7 Å². The van der Waals surface area contributed by atoms with Crippen molar-refractivity contribution in [3.63, 3.8) is 0 Å². The van der Waals surface area contributed by atoms with Crippen molar-refractivity contribution < 1.29 is 23.9 Å². The Morgan fingerprint density at radius 3 is 2.07 bits per heavy atom. The SMILES string of the molecule is C/C(=C\[C@H](C(C)C)N(C)C(=O)CNC=O)C(=O)N1CCC[C@H]1C(=O)OCc1ccccc1.CC.CC(C)N1CCCCC1.CCC. The van der Waals surface area contributed by atoms with E-state index < -0.39 is 12.0 Å². The van der Waals surface area contributed by atoms with Crippen molar-refractivity contribution >= 4 is 24.2 Å². The Hall–Kier alpha value is -3.20. The van der Waals surface area contributed by atoms with E-state index in [4.69, 9.17) is 4.74 Å². The fraction of sp³-hybridized carbons (Fsp3) is 0.676. The van der Waals surface area contributed by atoms with E-state index >= 15 is 0 Å². The smallest absolute Gasteiger partial charge is 0.329 e. The molecule has 1 aromatic rings. The molecule has 9 heteroatoms. The molecular formula is C37H64N4O5. The first-order valence-corrected chi connectivity index (χ1v) is 17.3. The molecule has 0 radical (unpaired) electrons. The number of likely N-dealkylation sites (N-methyl/N-ethyl adjacent to an activating group) is 1. The summed E-state index contributed by atoms with van der Waals surface area (Å²) in [6.07, 6.45) is 9.06. The van der Waals surface area contributed by atoms with Gasteiger partial charge in [-0.15, -0.1) is 0 Å². The predicted molar refractivity (Wildman–Crippen MR) is 188 cm³/mol. The summed E-state index contributed by atoms with van der Waals surface area (Å²) < 4.78 is 5.46. The van der Waals surface area contributed by atoms with Crippen LogP contribution in [0.4, 0.5) is 0 Å². The number of benzene rings is 1. The molecule has 0 aliphatic carbocycles. The summed E-state index contributed by atoms with van der Waals surface area (Å²) in [5, 5.41) is 2.37. The van der Waals surface area contributed by atoms with Crippen LogP contribution in [0.1, 0.15) is 106 Å². The highest BCUT2D eigenvalue weighted by atomic mass is 16.5. The minimum Gasteiger partial charge on any atom is -0.459 e. The van der Waals surface area contributed by atoms with Crippen LogP contribution in [0, 0.1) is 5.92 Å². The lowest BCUT2D eigenvalue weighted by Gasteiger charge is -2.30. The van der Waals surface area contributed by atoms with E-state index in [1.807, 2.05) is 58.0 Å². The van der Waals surface area contributed by atoms with Crippen molar-refractivity contribution in [1.82, 2.24) is 20.0 Å². The number of carbonyl (C=O) groups is 4. The van der Waals surface area contributed by atoms with Crippen molar-refractivity contribution in [2.45, 2.75) is 126 Å². The van der Waals surface area contributed by atoms with Crippen LogP contribution in [0.2, 0.25) is 0 Å². The highest BCUT2D eigenvalue weighted by Gasteiger charge is 2.36. The zero-order valence-corrected chi connectivity index (χ0v) is 30.5. The number of amides is 3. The maximum Gasteiger partial charge on any atom is 0.329 e. The average molecular weight is 645 g/mol. The van der Waals surface area contributed by atoms with Crippen LogP contribution < -0.4 is 5.32 Å². The minimum atomic E-state index is -0.608. The molecule has 2 aliphatic heterocycles. The Bertz CT molecular complexity index is 1020. The van der Waals surface area contributed by atoms with Gasteiger partial charge in [0.2, 0.25) is 18.2 Å². The second kappa shape index (κ2) is 25.0. The maximum atomic E-state index is 13.1. The normalized spacial score (nSPS) is 16.9. The van der Waals surface area contributed by atoms with Gasteiger partial charge in [0.25, 0.3) is 0 Å². The number of hydrogen-bond acceptors (Lipinski definition) is 6. The van der Waals surface area contributed by atoms with Crippen LogP contribution in [0.25, 0.3) is 0 Å². The lowest BCUT2D eigenvalue weighted by atomic mass is 9.99. The quantitative estimate of drug-likeness (QED) is 0.175. The molecule has 0 unspecified atom stereocenters. The van der Waals surface area contributed by atoms with Gasteiger partial charge >= 0.3 is 5.97 Å². The number of nitrogens with zero attached hydrogens (tertiary/aromatic N) is 3. The maximum absolute atomic E-state index is 13.1. The van der Waals surface area contributed by atoms with E-state index in [9.17, 15) is 19.2 Å². The number of hydrogen-bond donors (Lipinski definition) is 1. The molecule has 1 N–H and O–H groups in total. The molecule has 1 aromatic carbocycles. The highest BCUT2D eigenvalue weighted by Crippen LogP contribution is 2.23. The molecule has 2 aliphatic rings. The number of rotatable bonds is 11. The Morgan fingerprint density at radius 1 is 0.978 bits per heavy atom. The van der Waals surface area contributed by atoms with E-state index in [2.05, 4.69) is 37.9 Å². The Morgan fingerprint density at radius 2 is 1.57 bits per heavy atom. The lowest BCUT2D eigenvalue weighted by Crippen LogP contribution is -2.44. The zero-order chi connectivity index (χ0) is 35.1. The molecule has 0 saturated carbocycles. The van der Waals surface area contributed by atoms with Crippen molar-refractivity contribution in [3.8, 4) is 0 Å². The molecule has 0 spiro atoms. The van der Waals surface area contributed by atoms with Crippen LogP contribution in [0.5, 0.6) is 0 Å². The largest absolute Gasteiger partial charge is 0.459 e. The summed E-state index contributed by atoms with van der Waals surface area (Å²) in [6.45, 7) is 21.6. The van der Waals surface area contributed by atoms with Gasteiger partial charge in [-0.25, -0.2) is 4.79 Å². The fourth-order valence-electron chi connectivity index (χ4n) is 5.24. The highest BCUT2D eigenvalue weighted by molar-refractivity contribution is 5.96. The van der Waals surface area contributed by atoms with Crippen molar-refractivity contribution in [1.29, 1.82) is 0 Å². The third kappa shape index (κ3) is 15.9. The monoisotopic (exact) mass is 644 g/mol. The van der Waals surface area contributed by atoms with Gasteiger partial charge in [-0.3, -0.25) is 14.4 Å². The summed E-state index contributed by atoms with van der Waals surface area (Å²) in [5.41, 5.74) is 1.36. The summed E-state index contributed by atoms with van der Waals surface area (Å²) in [4.78, 5) is 54.2. The zero-order valence-electron chi connectivity index (χ0n) is 30.5. The third-order valence-electron chi connectivity index (χ3n) is 7.75. The Labute approximate surface area is 280 Å². The lowest BCUT2D eigenvalue weighted by molar-refractivity contribution is -0.153. The molecule has 262 valence electrons. The molecule has 3 amide bonds. The number of nitrogens with one attached hydrogen (secondary N) is 1. The number of piperidine rings is 1. The molecule has 0 aromatic heterocycles. The first kappa shape index (κ1) is 42.8. The van der Waals surface area contributed by atoms with Crippen LogP contribution in [0.15, 0.2) is 42.0 Å². The standard InChI is InChI=1S/C24H33N3O5.C8H17N.C3H8.C2H6/c1-17(2)21(26(4)22(29)14-25-16-28)13-18(3)23(30)27-12-8-11-20(27)24(31)32-15-19-9-6-5-7-10-19;1-8(2)9-6-4-3-5-7-9;1-3-2;1-2/h5-7,9-10,13,16-17,20-21H,8,11-12,14-15H2,1-4H3,(H,25,28);8H,3-7H2,1-2H3;3H2,1-2H3;1-2H3/b18-13+;;;/t20-,21+;;;/m0.../s1. The number of likely N-dealkylation sites (tertiary alicyclic amines) is 2. The van der Waals surface area contributed by atoms with Gasteiger partial charge in [-0.1, -0.05) is 90.8 Å². The van der Waals surface area contributed by atoms with E-state index in [1.54, 1.807) is 24.9 Å². The summed E-state index contributed by atoms with van der Waals surface area (Å²) in [6, 6.07) is 9.25. The molecule has 2 atom stereocenters. The van der Waals surface area contributed by atoms with E-state index in [-0.39, 0.29) is 36.9 Å². The average Bonchev–Trinajstić information content (AvgIpc) is 3.57. The van der Waals surface area contributed by atoms with Gasteiger partial charge < -0.3 is 24.8 Å². The van der Waals surface area contributed by atoms with Gasteiger partial charge in [-0.2, -0.15) is 0 Å². The predicted octanol–water partition coefficient (Wildman–Crippen LogP) is 6.22. The van der Waals surface area contributed by atoms with Crippen molar-refractivity contribution in [3.05, 3.63) is 47.5 Å². The molecule has 0 bridgehead atoms. The van der Waals surface area contributed by atoms with Gasteiger partial charge in [0, 0.05) is 25.2 Å². The number of esters is 1. The molecule has 2 fully saturated rings. The van der Waals surface area contributed by atoms with Crippen LogP contribution in [-0.4, -0.2) is 90.2 Å². The van der Waals surface area contributed by atoms with Gasteiger partial charge in [0.05, 0.1) is 12.6 Å². The van der Waals surface area contributed by atoms with Gasteiger partial charge in [-0.05, 0) is 71.0 Å². The van der Waals surface area contributed by atoms with Gasteiger partial charge in [0.1, 0.15) is 12.6 Å². The Balaban J connectivity index is 0.00000120. The van der Waals surface area contributed by atoms with E-state index in [0.717, 1.165) is 18.0 Å². The second-order valence-electron chi connectivity index (χ2n) is 12.2. The van der Waals surface area contributed by atoms with Crippen LogP contribution in [-0.2, 0) is 30.5 Å². The summed E-state index contributed by atoms with van der Waals surface area (Å²) >= 11 is 0. The van der Waals surface area contributed by atoms with Crippen molar-refractivity contribution in [2.24, 2.45) is 5.92 Å². The minimum absolute atomic E-state index is 0.0492. The molecule has 2 heterocycles. The number of carbonyl (C=O) groups excluding carboxylic acids is 4. The topological polar surface area (TPSA) is 99.3 Å². The summed E-state index contributed by atoms with van der Waals surface area (Å²) in [5.74, 6) is -0.842. The molecule has 9 nitrogen and oxygen atoms in total. The third-order valence-corrected chi connectivity index (χ3v) is 7.75. The first-order valence-electron chi connectivity index (χ1n) is 17.3. The Kier molecular flexibility index (Phi) is 23.2. The molecular weight excluding hydrogens is 580 g/mol. The fourth-order valence-corrected chi connectivity index (χ4v) is 5.24. The summed E-state index contributed by atoms with van der Waals surface area (Å²) in [7, 11) is 1.65. The first-order chi connectivity index (χ1) is 22.0. The van der Waals surface area contributed by atoms with Crippen LogP contribution in [0.3, 0.4) is 0 Å². The second-order valence-corrected chi connectivity index (χ2v) is 12.2. The molecule has 46 heavy (non-hydrogen) atoms.